The first kappa shape index (κ1) is 17.4. The second-order valence-electron chi connectivity index (χ2n) is 5.30. The highest BCUT2D eigenvalue weighted by molar-refractivity contribution is 6.37. The number of benzene rings is 2. The highest BCUT2D eigenvalue weighted by atomic mass is 35.5. The van der Waals surface area contributed by atoms with E-state index in [1.54, 1.807) is 24.4 Å². The molecule has 2 aromatic carbocycles. The minimum absolute atomic E-state index is 0.287. The third kappa shape index (κ3) is 4.33. The highest BCUT2D eigenvalue weighted by Crippen LogP contribution is 2.32. The number of alkyl halides is 3. The Morgan fingerprint density at radius 3 is 2.20 bits per heavy atom. The van der Waals surface area contributed by atoms with Gasteiger partial charge in [-0.25, -0.2) is 4.39 Å². The van der Waals surface area contributed by atoms with Gasteiger partial charge in [0.05, 0.1) is 0 Å². The van der Waals surface area contributed by atoms with Gasteiger partial charge in [-0.3, -0.25) is 0 Å². The standard InChI is InChI=1S/C18H12ClF4NO/c19-17-9-10-24(11-16(17)12-1-3-13(20)4-2-12)14-5-7-15(8-6-14)25-18(21,22)23/h1-9,11H,10H2. The summed E-state index contributed by atoms with van der Waals surface area (Å²) < 4.78 is 53.6. The number of nitrogens with zero attached hydrogens (tertiary/aromatic N) is 1. The molecular formula is C18H12ClF4NO. The molecule has 0 bridgehead atoms. The van der Waals surface area contributed by atoms with Crippen molar-refractivity contribution in [3.05, 3.63) is 77.2 Å². The minimum Gasteiger partial charge on any atom is -0.406 e. The molecule has 0 saturated carbocycles. The molecule has 1 aliphatic rings. The van der Waals surface area contributed by atoms with Crippen LogP contribution in [0.3, 0.4) is 0 Å². The molecule has 130 valence electrons. The molecule has 2 aromatic rings. The number of hydrogen-bond acceptors (Lipinski definition) is 2. The van der Waals surface area contributed by atoms with Gasteiger partial charge in [-0.2, -0.15) is 0 Å². The zero-order valence-electron chi connectivity index (χ0n) is 12.7. The van der Waals surface area contributed by atoms with Crippen molar-refractivity contribution < 1.29 is 22.3 Å². The maximum Gasteiger partial charge on any atom is 0.573 e. The molecule has 0 N–H and O–H groups in total. The van der Waals surface area contributed by atoms with Crippen LogP contribution >= 0.6 is 11.6 Å². The summed E-state index contributed by atoms with van der Waals surface area (Å²) in [6, 6.07) is 11.4. The first-order chi connectivity index (χ1) is 11.8. The zero-order chi connectivity index (χ0) is 18.0. The fraction of sp³-hybridized carbons (Fsp3) is 0.111. The lowest BCUT2D eigenvalue weighted by Gasteiger charge is -2.25. The maximum atomic E-state index is 13.1. The molecule has 7 heteroatoms. The predicted molar refractivity (Wildman–Crippen MR) is 88.8 cm³/mol. The van der Waals surface area contributed by atoms with Crippen molar-refractivity contribution in [1.29, 1.82) is 0 Å². The van der Waals surface area contributed by atoms with Gasteiger partial charge in [0, 0.05) is 29.0 Å². The third-order valence-corrected chi connectivity index (χ3v) is 3.92. The SMILES string of the molecule is Fc1ccc(C2=CN(c3ccc(OC(F)(F)F)cc3)CC=C2Cl)cc1. The van der Waals surface area contributed by atoms with E-state index in [9.17, 15) is 17.6 Å². The van der Waals surface area contributed by atoms with E-state index in [4.69, 9.17) is 11.6 Å². The Bertz CT molecular complexity index is 810. The monoisotopic (exact) mass is 369 g/mol. The van der Waals surface area contributed by atoms with Gasteiger partial charge in [0.2, 0.25) is 0 Å². The van der Waals surface area contributed by atoms with E-state index < -0.39 is 6.36 Å². The quantitative estimate of drug-likeness (QED) is 0.643. The van der Waals surface area contributed by atoms with Gasteiger partial charge in [-0.1, -0.05) is 23.7 Å². The number of hydrogen-bond donors (Lipinski definition) is 0. The fourth-order valence-corrected chi connectivity index (χ4v) is 2.65. The molecule has 0 amide bonds. The summed E-state index contributed by atoms with van der Waals surface area (Å²) in [5.41, 5.74) is 2.11. The largest absolute Gasteiger partial charge is 0.573 e. The number of ether oxygens (including phenoxy) is 1. The molecule has 1 aliphatic heterocycles. The second-order valence-corrected chi connectivity index (χ2v) is 5.70. The Balaban J connectivity index is 1.84. The molecule has 0 aliphatic carbocycles. The summed E-state index contributed by atoms with van der Waals surface area (Å²) in [5, 5.41) is 0.528. The van der Waals surface area contributed by atoms with Crippen LogP contribution in [0.25, 0.3) is 5.57 Å². The van der Waals surface area contributed by atoms with Crippen LogP contribution in [0.15, 0.2) is 65.8 Å². The van der Waals surface area contributed by atoms with Crippen molar-refractivity contribution >= 4 is 22.9 Å². The summed E-state index contributed by atoms with van der Waals surface area (Å²) in [4.78, 5) is 1.82. The molecule has 0 aromatic heterocycles. The van der Waals surface area contributed by atoms with E-state index in [0.717, 1.165) is 5.56 Å². The van der Waals surface area contributed by atoms with Gasteiger partial charge in [0.15, 0.2) is 0 Å². The second kappa shape index (κ2) is 6.80. The molecule has 0 spiro atoms. The molecule has 0 saturated heterocycles. The van der Waals surface area contributed by atoms with Crippen LogP contribution in [-0.4, -0.2) is 12.9 Å². The lowest BCUT2D eigenvalue weighted by atomic mass is 10.0. The van der Waals surface area contributed by atoms with Crippen molar-refractivity contribution in [2.24, 2.45) is 0 Å². The Hall–Kier alpha value is -2.47. The highest BCUT2D eigenvalue weighted by Gasteiger charge is 2.31. The van der Waals surface area contributed by atoms with E-state index in [0.29, 0.717) is 22.8 Å². The van der Waals surface area contributed by atoms with Crippen LogP contribution in [0.4, 0.5) is 23.2 Å². The van der Waals surface area contributed by atoms with Gasteiger partial charge < -0.3 is 9.64 Å². The normalized spacial score (nSPS) is 14.8. The van der Waals surface area contributed by atoms with Crippen LogP contribution in [-0.2, 0) is 0 Å². The molecule has 2 nitrogen and oxygen atoms in total. The van der Waals surface area contributed by atoms with Crippen molar-refractivity contribution in [1.82, 2.24) is 0 Å². The predicted octanol–water partition coefficient (Wildman–Crippen LogP) is 5.71. The van der Waals surface area contributed by atoms with Crippen LogP contribution in [0.1, 0.15) is 5.56 Å². The van der Waals surface area contributed by atoms with Crippen LogP contribution < -0.4 is 9.64 Å². The van der Waals surface area contributed by atoms with Crippen molar-refractivity contribution in [2.75, 3.05) is 11.4 Å². The van der Waals surface area contributed by atoms with E-state index in [1.165, 1.54) is 36.4 Å². The summed E-state index contributed by atoms with van der Waals surface area (Å²) in [5.74, 6) is -0.637. The molecule has 0 fully saturated rings. The summed E-state index contributed by atoms with van der Waals surface area (Å²) in [6.07, 6.45) is -1.17. The Morgan fingerprint density at radius 2 is 1.60 bits per heavy atom. The van der Waals surface area contributed by atoms with Crippen molar-refractivity contribution in [3.63, 3.8) is 0 Å². The lowest BCUT2D eigenvalue weighted by molar-refractivity contribution is -0.274. The van der Waals surface area contributed by atoms with Crippen molar-refractivity contribution in [2.45, 2.75) is 6.36 Å². The van der Waals surface area contributed by atoms with E-state index >= 15 is 0 Å². The van der Waals surface area contributed by atoms with Crippen LogP contribution in [0, 0.1) is 5.82 Å². The Kier molecular flexibility index (Phi) is 4.72. The summed E-state index contributed by atoms with van der Waals surface area (Å²) in [7, 11) is 0. The van der Waals surface area contributed by atoms with Crippen LogP contribution in [0.5, 0.6) is 5.75 Å². The average molecular weight is 370 g/mol. The van der Waals surface area contributed by atoms with Crippen molar-refractivity contribution in [3.8, 4) is 5.75 Å². The zero-order valence-corrected chi connectivity index (χ0v) is 13.5. The van der Waals surface area contributed by atoms with Gasteiger partial charge in [-0.05, 0) is 48.0 Å². The van der Waals surface area contributed by atoms with Gasteiger partial charge >= 0.3 is 6.36 Å². The smallest absolute Gasteiger partial charge is 0.406 e. The topological polar surface area (TPSA) is 12.5 Å². The summed E-state index contributed by atoms with van der Waals surface area (Å²) in [6.45, 7) is 0.461. The molecule has 0 radical (unpaired) electrons. The number of anilines is 1. The Labute approximate surface area is 146 Å². The number of allylic oxidation sites excluding steroid dienone is 2. The molecule has 0 atom stereocenters. The van der Waals surface area contributed by atoms with E-state index in [-0.39, 0.29) is 11.6 Å². The van der Waals surface area contributed by atoms with Gasteiger partial charge in [-0.15, -0.1) is 13.2 Å². The molecule has 25 heavy (non-hydrogen) atoms. The van der Waals surface area contributed by atoms with Gasteiger partial charge in [0.1, 0.15) is 11.6 Å². The number of rotatable bonds is 3. The van der Waals surface area contributed by atoms with Gasteiger partial charge in [0.25, 0.3) is 0 Å². The molecule has 3 rings (SSSR count). The molecule has 1 heterocycles. The lowest BCUT2D eigenvalue weighted by Crippen LogP contribution is -2.20. The van der Waals surface area contributed by atoms with Crippen LogP contribution in [0.2, 0.25) is 0 Å². The maximum absolute atomic E-state index is 13.1. The third-order valence-electron chi connectivity index (χ3n) is 3.57. The molecular weight excluding hydrogens is 358 g/mol. The number of halogens is 5. The van der Waals surface area contributed by atoms with E-state index in [1.807, 2.05) is 4.90 Å². The molecule has 0 unspecified atom stereocenters. The Morgan fingerprint density at radius 1 is 0.960 bits per heavy atom. The van der Waals surface area contributed by atoms with E-state index in [2.05, 4.69) is 4.74 Å². The first-order valence-electron chi connectivity index (χ1n) is 7.28. The average Bonchev–Trinajstić information content (AvgIpc) is 2.56. The fourth-order valence-electron chi connectivity index (χ4n) is 2.42. The minimum atomic E-state index is -4.72. The first-order valence-corrected chi connectivity index (χ1v) is 7.66. The summed E-state index contributed by atoms with van der Waals surface area (Å²) >= 11 is 6.24.